The van der Waals surface area contributed by atoms with E-state index in [1.165, 1.54) is 18.3 Å². The van der Waals surface area contributed by atoms with E-state index in [0.29, 0.717) is 48.2 Å². The van der Waals surface area contributed by atoms with Crippen LogP contribution in [0.3, 0.4) is 0 Å². The van der Waals surface area contributed by atoms with Crippen molar-refractivity contribution in [3.05, 3.63) is 48.5 Å². The Bertz CT molecular complexity index is 1220. The molecule has 31 heavy (non-hydrogen) atoms. The molecule has 4 aromatic heterocycles. The fourth-order valence-electron chi connectivity index (χ4n) is 3.80. The molecule has 0 amide bonds. The van der Waals surface area contributed by atoms with Crippen LogP contribution in [0, 0.1) is 0 Å². The number of aromatic nitrogens is 6. The van der Waals surface area contributed by atoms with Gasteiger partial charge in [-0.15, -0.1) is 5.10 Å². The Morgan fingerprint density at radius 3 is 2.77 bits per heavy atom. The van der Waals surface area contributed by atoms with Gasteiger partial charge in [0.1, 0.15) is 5.69 Å². The number of morpholine rings is 1. The number of alkyl halides is 3. The summed E-state index contributed by atoms with van der Waals surface area (Å²) in [7, 11) is 0. The van der Waals surface area contributed by atoms with E-state index >= 15 is 0 Å². The molecule has 0 aliphatic carbocycles. The van der Waals surface area contributed by atoms with Crippen molar-refractivity contribution in [1.82, 2.24) is 29.8 Å². The van der Waals surface area contributed by atoms with Crippen LogP contribution in [0.4, 0.5) is 19.0 Å². The first kappa shape index (κ1) is 19.5. The molecular weight excluding hydrogens is 411 g/mol. The van der Waals surface area contributed by atoms with Gasteiger partial charge in [-0.1, -0.05) is 6.07 Å². The average molecular weight is 429 g/mol. The van der Waals surface area contributed by atoms with Crippen LogP contribution < -0.4 is 4.90 Å². The maximum Gasteiger partial charge on any atom is 0.433 e. The van der Waals surface area contributed by atoms with Gasteiger partial charge in [0, 0.05) is 30.1 Å². The highest BCUT2D eigenvalue weighted by atomic mass is 19.4. The third kappa shape index (κ3) is 3.40. The van der Waals surface area contributed by atoms with E-state index in [0.717, 1.165) is 6.20 Å². The summed E-state index contributed by atoms with van der Waals surface area (Å²) < 4.78 is 48.3. The number of nitrogens with one attached hydrogen (secondary N) is 1. The summed E-state index contributed by atoms with van der Waals surface area (Å²) in [5, 5.41) is 11.5. The largest absolute Gasteiger partial charge is 0.433 e. The molecule has 5 heterocycles. The van der Waals surface area contributed by atoms with Gasteiger partial charge in [0.05, 0.1) is 31.0 Å². The molecule has 1 saturated heterocycles. The molecule has 1 fully saturated rings. The molecule has 5 rings (SSSR count). The second-order valence-corrected chi connectivity index (χ2v) is 7.28. The Balaban J connectivity index is 1.78. The van der Waals surface area contributed by atoms with Crippen LogP contribution >= 0.6 is 0 Å². The van der Waals surface area contributed by atoms with E-state index < -0.39 is 11.9 Å². The lowest BCUT2D eigenvalue weighted by molar-refractivity contribution is -0.140. The van der Waals surface area contributed by atoms with Crippen LogP contribution in [0.15, 0.2) is 42.9 Å². The van der Waals surface area contributed by atoms with Gasteiger partial charge in [-0.2, -0.15) is 18.3 Å². The third-order valence-corrected chi connectivity index (χ3v) is 5.26. The molecule has 0 bridgehead atoms. The van der Waals surface area contributed by atoms with E-state index in [4.69, 9.17) is 9.84 Å². The normalized spacial score (nSPS) is 17.4. The lowest BCUT2D eigenvalue weighted by Gasteiger charge is -2.34. The SMILES string of the molecule is C[C@@H]1COCCN1c1cc(-c2cccnc2C(F)(F)F)c2cnc(-c3ccn[nH]3)n2n1. The number of nitrogens with zero attached hydrogens (tertiary/aromatic N) is 6. The zero-order valence-corrected chi connectivity index (χ0v) is 16.5. The van der Waals surface area contributed by atoms with Gasteiger partial charge < -0.3 is 9.64 Å². The number of imidazole rings is 1. The molecular formula is C20H18F3N7O. The van der Waals surface area contributed by atoms with Crippen LogP contribution in [0.2, 0.25) is 0 Å². The van der Waals surface area contributed by atoms with Crippen molar-refractivity contribution in [3.8, 4) is 22.6 Å². The summed E-state index contributed by atoms with van der Waals surface area (Å²) in [6, 6.07) is 6.32. The second kappa shape index (κ2) is 7.34. The number of aromatic amines is 1. The highest BCUT2D eigenvalue weighted by Gasteiger charge is 2.36. The van der Waals surface area contributed by atoms with E-state index in [1.54, 1.807) is 22.8 Å². The van der Waals surface area contributed by atoms with E-state index in [2.05, 4.69) is 20.2 Å². The molecule has 1 N–H and O–H groups in total. The summed E-state index contributed by atoms with van der Waals surface area (Å²) in [5.41, 5.74) is 0.414. The van der Waals surface area contributed by atoms with Crippen molar-refractivity contribution < 1.29 is 17.9 Å². The quantitative estimate of drug-likeness (QED) is 0.537. The van der Waals surface area contributed by atoms with Crippen LogP contribution in [0.1, 0.15) is 12.6 Å². The van der Waals surface area contributed by atoms with Crippen LogP contribution in [0.5, 0.6) is 0 Å². The molecule has 1 aliphatic heterocycles. The van der Waals surface area contributed by atoms with Crippen molar-refractivity contribution in [1.29, 1.82) is 0 Å². The number of pyridine rings is 1. The zero-order valence-electron chi connectivity index (χ0n) is 16.5. The Labute approximate surface area is 174 Å². The minimum absolute atomic E-state index is 0.0154. The number of hydrogen-bond acceptors (Lipinski definition) is 6. The summed E-state index contributed by atoms with van der Waals surface area (Å²) in [6.07, 6.45) is -0.371. The molecule has 160 valence electrons. The number of anilines is 1. The fourth-order valence-corrected chi connectivity index (χ4v) is 3.80. The summed E-state index contributed by atoms with van der Waals surface area (Å²) in [4.78, 5) is 10.0. The molecule has 0 aromatic carbocycles. The standard InChI is InChI=1S/C20H18F3N7O/c1-12-11-31-8-7-29(12)17-9-14(13-3-2-5-24-18(13)20(21,22)23)16-10-25-19(30(16)28-17)15-4-6-26-27-15/h2-6,9-10,12H,7-8,11H2,1H3,(H,26,27)/t12-/m1/s1. The molecule has 1 aliphatic rings. The molecule has 0 saturated carbocycles. The maximum atomic E-state index is 13.7. The Kier molecular flexibility index (Phi) is 4.62. The monoisotopic (exact) mass is 429 g/mol. The van der Waals surface area contributed by atoms with Gasteiger partial charge >= 0.3 is 6.18 Å². The molecule has 1 atom stereocenters. The van der Waals surface area contributed by atoms with Gasteiger partial charge in [0.25, 0.3) is 0 Å². The molecule has 0 radical (unpaired) electrons. The molecule has 8 nitrogen and oxygen atoms in total. The summed E-state index contributed by atoms with van der Waals surface area (Å²) in [5.74, 6) is 0.989. The van der Waals surface area contributed by atoms with Crippen molar-refractivity contribution in [2.75, 3.05) is 24.7 Å². The summed E-state index contributed by atoms with van der Waals surface area (Å²) in [6.45, 7) is 3.58. The topological polar surface area (TPSA) is 84.2 Å². The first-order valence-electron chi connectivity index (χ1n) is 9.69. The smallest absolute Gasteiger partial charge is 0.377 e. The number of hydrogen-bond donors (Lipinski definition) is 1. The average Bonchev–Trinajstić information content (AvgIpc) is 3.42. The number of H-pyrrole nitrogens is 1. The summed E-state index contributed by atoms with van der Waals surface area (Å²) >= 11 is 0. The van der Waals surface area contributed by atoms with Crippen LogP contribution in [0.25, 0.3) is 28.2 Å². The number of rotatable bonds is 3. The van der Waals surface area contributed by atoms with Crippen molar-refractivity contribution in [2.45, 2.75) is 19.1 Å². The van der Waals surface area contributed by atoms with E-state index in [1.807, 2.05) is 11.8 Å². The van der Waals surface area contributed by atoms with Gasteiger partial charge in [-0.3, -0.25) is 10.1 Å². The van der Waals surface area contributed by atoms with Gasteiger partial charge in [0.15, 0.2) is 17.3 Å². The zero-order chi connectivity index (χ0) is 21.6. The van der Waals surface area contributed by atoms with E-state index in [9.17, 15) is 13.2 Å². The number of fused-ring (bicyclic) bond motifs is 1. The molecule has 0 spiro atoms. The first-order valence-corrected chi connectivity index (χ1v) is 9.69. The first-order chi connectivity index (χ1) is 14.9. The van der Waals surface area contributed by atoms with Gasteiger partial charge in [-0.05, 0) is 25.1 Å². The predicted molar refractivity (Wildman–Crippen MR) is 106 cm³/mol. The fraction of sp³-hybridized carbons (Fsp3) is 0.300. The van der Waals surface area contributed by atoms with Crippen LogP contribution in [-0.4, -0.2) is 55.6 Å². The van der Waals surface area contributed by atoms with Crippen molar-refractivity contribution in [3.63, 3.8) is 0 Å². The lowest BCUT2D eigenvalue weighted by Crippen LogP contribution is -2.44. The second-order valence-electron chi connectivity index (χ2n) is 7.28. The third-order valence-electron chi connectivity index (χ3n) is 5.26. The van der Waals surface area contributed by atoms with Gasteiger partial charge in [0.2, 0.25) is 0 Å². The number of halogens is 3. The lowest BCUT2D eigenvalue weighted by atomic mass is 10.0. The van der Waals surface area contributed by atoms with Crippen LogP contribution in [-0.2, 0) is 10.9 Å². The van der Waals surface area contributed by atoms with Crippen molar-refractivity contribution in [2.24, 2.45) is 0 Å². The Morgan fingerprint density at radius 2 is 2.03 bits per heavy atom. The minimum atomic E-state index is -4.60. The number of ether oxygens (including phenoxy) is 1. The van der Waals surface area contributed by atoms with E-state index in [-0.39, 0.29) is 11.6 Å². The molecule has 11 heteroatoms. The highest BCUT2D eigenvalue weighted by molar-refractivity contribution is 5.84. The predicted octanol–water partition coefficient (Wildman–Crippen LogP) is 3.43. The van der Waals surface area contributed by atoms with Crippen molar-refractivity contribution >= 4 is 11.3 Å². The highest BCUT2D eigenvalue weighted by Crippen LogP contribution is 2.38. The molecule has 4 aromatic rings. The Morgan fingerprint density at radius 1 is 1.16 bits per heavy atom. The maximum absolute atomic E-state index is 13.7. The van der Waals surface area contributed by atoms with Gasteiger partial charge in [-0.25, -0.2) is 9.50 Å². The Hall–Kier alpha value is -3.47. The minimum Gasteiger partial charge on any atom is -0.377 e. The molecule has 0 unspecified atom stereocenters.